The Morgan fingerprint density at radius 1 is 1.29 bits per heavy atom. The van der Waals surface area contributed by atoms with Gasteiger partial charge in [-0.1, -0.05) is 12.1 Å². The smallest absolute Gasteiger partial charge is 0.309 e. The monoisotopic (exact) mass is 253 g/mol. The lowest BCUT2D eigenvalue weighted by atomic mass is 10.1. The summed E-state index contributed by atoms with van der Waals surface area (Å²) in [7, 11) is 5.00. The first-order valence-corrected chi connectivity index (χ1v) is 5.48. The summed E-state index contributed by atoms with van der Waals surface area (Å²) in [6, 6.07) is 7.16. The van der Waals surface area contributed by atoms with Gasteiger partial charge >= 0.3 is 5.97 Å². The molecule has 0 N–H and O–H groups in total. The van der Waals surface area contributed by atoms with Crippen LogP contribution in [0.1, 0.15) is 5.56 Å². The molecule has 0 spiro atoms. The first-order valence-electron chi connectivity index (χ1n) is 5.08. The lowest BCUT2D eigenvalue weighted by Gasteiger charge is -2.14. The van der Waals surface area contributed by atoms with Crippen molar-refractivity contribution in [2.75, 3.05) is 21.2 Å². The second kappa shape index (κ2) is 6.20. The summed E-state index contributed by atoms with van der Waals surface area (Å²) in [4.78, 5) is 12.8. The number of hydrogen-bond donors (Lipinski definition) is 0. The van der Waals surface area contributed by atoms with Crippen molar-refractivity contribution in [2.24, 2.45) is 0 Å². The molecular weight excluding hydrogens is 238 g/mol. The lowest BCUT2D eigenvalue weighted by molar-refractivity contribution is -0.139. The molecule has 17 heavy (non-hydrogen) atoms. The van der Waals surface area contributed by atoms with Gasteiger partial charge in [0.15, 0.2) is 0 Å². The molecule has 5 heteroatoms. The third kappa shape index (κ3) is 4.40. The van der Waals surface area contributed by atoms with Crippen molar-refractivity contribution in [2.45, 2.75) is 6.42 Å². The van der Waals surface area contributed by atoms with Crippen LogP contribution in [0.3, 0.4) is 0 Å². The molecule has 0 aromatic heterocycles. The molecule has 0 unspecified atom stereocenters. The summed E-state index contributed by atoms with van der Waals surface area (Å²) in [5, 5.41) is 0.394. The van der Waals surface area contributed by atoms with Crippen molar-refractivity contribution in [1.29, 1.82) is 0 Å². The Morgan fingerprint density at radius 3 is 2.35 bits per heavy atom. The largest absolute Gasteiger partial charge is 0.469 e. The second-order valence-electron chi connectivity index (χ2n) is 3.66. The van der Waals surface area contributed by atoms with Crippen LogP contribution in [-0.4, -0.2) is 37.2 Å². The van der Waals surface area contributed by atoms with E-state index in [1.165, 1.54) is 7.11 Å². The van der Waals surface area contributed by atoms with Gasteiger partial charge in [-0.3, -0.25) is 4.79 Å². The fourth-order valence-electron chi connectivity index (χ4n) is 1.11. The molecule has 0 amide bonds. The van der Waals surface area contributed by atoms with E-state index < -0.39 is 0 Å². The summed E-state index contributed by atoms with van der Waals surface area (Å²) in [6.07, 6.45) is 0.259. The number of ether oxygens (including phenoxy) is 2. The van der Waals surface area contributed by atoms with Crippen LogP contribution < -0.4 is 4.74 Å². The fourth-order valence-corrected chi connectivity index (χ4v) is 1.20. The summed E-state index contributed by atoms with van der Waals surface area (Å²) in [6.45, 7) is 0. The van der Waals surface area contributed by atoms with Crippen LogP contribution >= 0.6 is 12.2 Å². The molecular formula is C12H15NO3S. The number of carbonyl (C=O) groups excluding carboxylic acids is 1. The molecule has 92 valence electrons. The Bertz CT molecular complexity index is 401. The number of benzene rings is 1. The zero-order valence-corrected chi connectivity index (χ0v) is 10.9. The Kier molecular flexibility index (Phi) is 4.90. The minimum Gasteiger partial charge on any atom is -0.469 e. The molecule has 0 atom stereocenters. The zero-order chi connectivity index (χ0) is 12.8. The van der Waals surface area contributed by atoms with E-state index in [9.17, 15) is 4.79 Å². The van der Waals surface area contributed by atoms with Gasteiger partial charge in [-0.15, -0.1) is 0 Å². The van der Waals surface area contributed by atoms with Crippen molar-refractivity contribution in [3.05, 3.63) is 29.8 Å². The molecule has 4 nitrogen and oxygen atoms in total. The predicted molar refractivity (Wildman–Crippen MR) is 69.1 cm³/mol. The van der Waals surface area contributed by atoms with Crippen molar-refractivity contribution in [1.82, 2.24) is 4.90 Å². The Balaban J connectivity index is 2.62. The maximum absolute atomic E-state index is 11.1. The lowest BCUT2D eigenvalue weighted by Crippen LogP contribution is -2.24. The summed E-state index contributed by atoms with van der Waals surface area (Å²) < 4.78 is 9.99. The highest BCUT2D eigenvalue weighted by atomic mass is 32.1. The van der Waals surface area contributed by atoms with E-state index >= 15 is 0 Å². The van der Waals surface area contributed by atoms with E-state index in [-0.39, 0.29) is 12.4 Å². The first kappa shape index (κ1) is 13.4. The molecule has 0 saturated heterocycles. The molecule has 1 rings (SSSR count). The summed E-state index contributed by atoms with van der Waals surface area (Å²) in [5.74, 6) is 0.389. The molecule has 0 radical (unpaired) electrons. The number of rotatable bonds is 3. The van der Waals surface area contributed by atoms with Crippen LogP contribution in [0.5, 0.6) is 5.75 Å². The number of thiocarbonyl (C=S) groups is 1. The molecule has 1 aromatic rings. The van der Waals surface area contributed by atoms with Crippen LogP contribution in [0.25, 0.3) is 0 Å². The van der Waals surface area contributed by atoms with Crippen LogP contribution in [-0.2, 0) is 16.0 Å². The highest BCUT2D eigenvalue weighted by Gasteiger charge is 2.05. The predicted octanol–water partition coefficient (Wildman–Crippen LogP) is 1.63. The van der Waals surface area contributed by atoms with Gasteiger partial charge in [-0.05, 0) is 29.9 Å². The van der Waals surface area contributed by atoms with Gasteiger partial charge in [0.05, 0.1) is 13.5 Å². The molecule has 0 heterocycles. The topological polar surface area (TPSA) is 38.8 Å². The third-order valence-electron chi connectivity index (χ3n) is 2.07. The number of nitrogens with zero attached hydrogens (tertiary/aromatic N) is 1. The Morgan fingerprint density at radius 2 is 1.88 bits per heavy atom. The molecule has 1 aromatic carbocycles. The average molecular weight is 253 g/mol. The van der Waals surface area contributed by atoms with Crippen LogP contribution in [0.2, 0.25) is 0 Å². The SMILES string of the molecule is COC(=O)Cc1ccc(OC(=S)N(C)C)cc1. The maximum atomic E-state index is 11.1. The van der Waals surface area contributed by atoms with Crippen molar-refractivity contribution in [3.8, 4) is 5.75 Å². The quantitative estimate of drug-likeness (QED) is 0.604. The fraction of sp³-hybridized carbons (Fsp3) is 0.333. The number of esters is 1. The van der Waals surface area contributed by atoms with E-state index in [1.54, 1.807) is 17.0 Å². The van der Waals surface area contributed by atoms with Gasteiger partial charge in [-0.25, -0.2) is 0 Å². The molecule has 0 saturated carbocycles. The van der Waals surface area contributed by atoms with E-state index in [0.29, 0.717) is 10.9 Å². The first-order chi connectivity index (χ1) is 8.02. The molecule has 0 aliphatic heterocycles. The normalized spacial score (nSPS) is 9.59. The molecule has 0 bridgehead atoms. The van der Waals surface area contributed by atoms with E-state index in [2.05, 4.69) is 4.74 Å². The number of carbonyl (C=O) groups is 1. The minimum atomic E-state index is -0.262. The van der Waals surface area contributed by atoms with E-state index in [0.717, 1.165) is 5.56 Å². The maximum Gasteiger partial charge on any atom is 0.309 e. The Labute approximate surface area is 106 Å². The van der Waals surface area contributed by atoms with Crippen molar-refractivity contribution >= 4 is 23.4 Å². The molecule has 0 fully saturated rings. The average Bonchev–Trinajstić information content (AvgIpc) is 2.31. The highest BCUT2D eigenvalue weighted by molar-refractivity contribution is 7.80. The van der Waals surface area contributed by atoms with Crippen molar-refractivity contribution in [3.63, 3.8) is 0 Å². The highest BCUT2D eigenvalue weighted by Crippen LogP contribution is 2.13. The van der Waals surface area contributed by atoms with Crippen LogP contribution in [0.15, 0.2) is 24.3 Å². The van der Waals surface area contributed by atoms with Crippen LogP contribution in [0, 0.1) is 0 Å². The van der Waals surface area contributed by atoms with Gasteiger partial charge in [0, 0.05) is 14.1 Å². The van der Waals surface area contributed by atoms with Crippen molar-refractivity contribution < 1.29 is 14.3 Å². The van der Waals surface area contributed by atoms with Gasteiger partial charge in [-0.2, -0.15) is 0 Å². The molecule has 0 aliphatic carbocycles. The third-order valence-corrected chi connectivity index (χ3v) is 2.52. The van der Waals surface area contributed by atoms with E-state index in [4.69, 9.17) is 17.0 Å². The Hall–Kier alpha value is -1.62. The standard InChI is InChI=1S/C12H15NO3S/c1-13(2)12(17)16-10-6-4-9(5-7-10)8-11(14)15-3/h4-7H,8H2,1-3H3. The van der Waals surface area contributed by atoms with Gasteiger partial charge in [0.25, 0.3) is 5.17 Å². The second-order valence-corrected chi connectivity index (χ2v) is 4.01. The van der Waals surface area contributed by atoms with Gasteiger partial charge in [0.2, 0.25) is 0 Å². The number of hydrogen-bond acceptors (Lipinski definition) is 4. The zero-order valence-electron chi connectivity index (χ0n) is 10.1. The van der Waals surface area contributed by atoms with Crippen LogP contribution in [0.4, 0.5) is 0 Å². The minimum absolute atomic E-state index is 0.259. The summed E-state index contributed by atoms with van der Waals surface area (Å²) >= 11 is 5.01. The van der Waals surface area contributed by atoms with E-state index in [1.807, 2.05) is 26.2 Å². The number of methoxy groups -OCH3 is 1. The van der Waals surface area contributed by atoms with Gasteiger partial charge < -0.3 is 14.4 Å². The summed E-state index contributed by atoms with van der Waals surface area (Å²) in [5.41, 5.74) is 0.875. The molecule has 0 aliphatic rings. The van der Waals surface area contributed by atoms with Gasteiger partial charge in [0.1, 0.15) is 5.75 Å².